The van der Waals surface area contributed by atoms with Crippen LogP contribution in [-0.2, 0) is 17.6 Å². The number of hydrogen-bond donors (Lipinski definition) is 2. The Bertz CT molecular complexity index is 1010. The van der Waals surface area contributed by atoms with Gasteiger partial charge in [-0.15, -0.1) is 11.3 Å². The molecule has 1 aromatic heterocycles. The van der Waals surface area contributed by atoms with Gasteiger partial charge in [0.15, 0.2) is 6.10 Å². The lowest BCUT2D eigenvalue weighted by Crippen LogP contribution is -2.33. The zero-order valence-electron chi connectivity index (χ0n) is 20.1. The number of anilines is 1. The Morgan fingerprint density at radius 2 is 1.97 bits per heavy atom. The van der Waals surface area contributed by atoms with Crippen LogP contribution in [0.1, 0.15) is 78.9 Å². The predicted molar refractivity (Wildman–Crippen MR) is 132 cm³/mol. The summed E-state index contributed by atoms with van der Waals surface area (Å²) in [6.07, 6.45) is 3.76. The molecule has 1 aromatic carbocycles. The molecule has 3 N–H and O–H groups in total. The average molecular weight is 457 g/mol. The first-order valence-electron chi connectivity index (χ1n) is 11.6. The molecule has 6 heteroatoms. The lowest BCUT2D eigenvalue weighted by Gasteiger charge is -2.36. The Labute approximate surface area is 195 Å². The van der Waals surface area contributed by atoms with Crippen molar-refractivity contribution in [3.8, 4) is 5.75 Å². The van der Waals surface area contributed by atoms with Gasteiger partial charge < -0.3 is 15.8 Å². The summed E-state index contributed by atoms with van der Waals surface area (Å²) in [5.74, 6) is 0.492. The number of ether oxygens (including phenoxy) is 1. The third kappa shape index (κ3) is 5.01. The van der Waals surface area contributed by atoms with E-state index in [-0.39, 0.29) is 11.3 Å². The molecule has 1 aliphatic rings. The van der Waals surface area contributed by atoms with E-state index in [4.69, 9.17) is 10.5 Å². The molecule has 32 heavy (non-hydrogen) atoms. The zero-order chi connectivity index (χ0) is 23.6. The van der Waals surface area contributed by atoms with Crippen molar-refractivity contribution in [2.75, 3.05) is 5.32 Å². The maximum Gasteiger partial charge on any atom is 0.266 e. The highest BCUT2D eigenvalue weighted by molar-refractivity contribution is 7.17. The number of nitrogens with one attached hydrogen (secondary N) is 1. The van der Waals surface area contributed by atoms with Gasteiger partial charge in [-0.2, -0.15) is 0 Å². The van der Waals surface area contributed by atoms with E-state index in [0.29, 0.717) is 28.7 Å². The fourth-order valence-corrected chi connectivity index (χ4v) is 5.69. The number of amides is 2. The zero-order valence-corrected chi connectivity index (χ0v) is 20.9. The monoisotopic (exact) mass is 456 g/mol. The summed E-state index contributed by atoms with van der Waals surface area (Å²) in [6, 6.07) is 5.81. The smallest absolute Gasteiger partial charge is 0.266 e. The molecule has 0 saturated heterocycles. The third-order valence-electron chi connectivity index (χ3n) is 7.18. The molecule has 0 fully saturated rings. The van der Waals surface area contributed by atoms with Crippen LogP contribution in [0.3, 0.4) is 0 Å². The summed E-state index contributed by atoms with van der Waals surface area (Å²) in [5.41, 5.74) is 9.78. The molecule has 2 atom stereocenters. The van der Waals surface area contributed by atoms with Gasteiger partial charge in [0.25, 0.3) is 11.8 Å². The average Bonchev–Trinajstić information content (AvgIpc) is 3.11. The fraction of sp³-hybridized carbons (Fsp3) is 0.538. The quantitative estimate of drug-likeness (QED) is 0.527. The van der Waals surface area contributed by atoms with Gasteiger partial charge in [0.05, 0.1) is 5.56 Å². The number of aryl methyl sites for hydroxylation is 2. The molecule has 0 unspecified atom stereocenters. The van der Waals surface area contributed by atoms with E-state index in [1.54, 1.807) is 0 Å². The number of primary amides is 1. The molecule has 2 amide bonds. The SMILES string of the molecule is CC[C@@H](Oc1ccc(C)c(C)c1)C(=O)Nc1sc2c(c1C(N)=O)CC[C@H](C(C)(C)CC)C2. The minimum absolute atomic E-state index is 0.241. The number of hydrogen-bond acceptors (Lipinski definition) is 4. The lowest BCUT2D eigenvalue weighted by atomic mass is 9.69. The number of carbonyl (C=O) groups is 2. The number of thiophene rings is 1. The van der Waals surface area contributed by atoms with Crippen molar-refractivity contribution in [3.63, 3.8) is 0 Å². The van der Waals surface area contributed by atoms with E-state index in [2.05, 4.69) is 26.1 Å². The molecule has 5 nitrogen and oxygen atoms in total. The topological polar surface area (TPSA) is 81.4 Å². The van der Waals surface area contributed by atoms with Crippen LogP contribution in [0, 0.1) is 25.2 Å². The number of carbonyl (C=O) groups excluding carboxylic acids is 2. The summed E-state index contributed by atoms with van der Waals surface area (Å²) in [4.78, 5) is 26.6. The standard InChI is InChI=1S/C26H36N2O3S/c1-7-20(31-18-11-9-15(3)16(4)13-18)24(30)28-25-22(23(27)29)19-12-10-17(14-21(19)32-25)26(5,6)8-2/h9,11,13,17,20H,7-8,10,12,14H2,1-6H3,(H2,27,29)(H,28,30)/t17-,20+/m0/s1. The van der Waals surface area contributed by atoms with Crippen LogP contribution in [-0.4, -0.2) is 17.9 Å². The molecule has 0 bridgehead atoms. The van der Waals surface area contributed by atoms with Crippen LogP contribution in [0.5, 0.6) is 5.75 Å². The Morgan fingerprint density at radius 3 is 2.56 bits per heavy atom. The first kappa shape index (κ1) is 24.3. The van der Waals surface area contributed by atoms with Crippen LogP contribution >= 0.6 is 11.3 Å². The Kier molecular flexibility index (Phi) is 7.33. The van der Waals surface area contributed by atoms with Crippen molar-refractivity contribution < 1.29 is 14.3 Å². The van der Waals surface area contributed by atoms with Crippen molar-refractivity contribution >= 4 is 28.2 Å². The highest BCUT2D eigenvalue weighted by Crippen LogP contribution is 2.45. The molecule has 1 aliphatic carbocycles. The molecule has 2 aromatic rings. The van der Waals surface area contributed by atoms with Gasteiger partial charge >= 0.3 is 0 Å². The highest BCUT2D eigenvalue weighted by atomic mass is 32.1. The lowest BCUT2D eigenvalue weighted by molar-refractivity contribution is -0.122. The first-order chi connectivity index (χ1) is 15.1. The highest BCUT2D eigenvalue weighted by Gasteiger charge is 2.35. The number of fused-ring (bicyclic) bond motifs is 1. The van der Waals surface area contributed by atoms with Crippen molar-refractivity contribution in [1.29, 1.82) is 0 Å². The predicted octanol–water partition coefficient (Wildman–Crippen LogP) is 5.80. The second-order valence-corrected chi connectivity index (χ2v) is 10.7. The van der Waals surface area contributed by atoms with Crippen LogP contribution in [0.2, 0.25) is 0 Å². The van der Waals surface area contributed by atoms with Gasteiger partial charge in [0.1, 0.15) is 10.8 Å². The third-order valence-corrected chi connectivity index (χ3v) is 8.35. The van der Waals surface area contributed by atoms with E-state index in [1.807, 2.05) is 39.0 Å². The van der Waals surface area contributed by atoms with Gasteiger partial charge in [-0.25, -0.2) is 0 Å². The van der Waals surface area contributed by atoms with E-state index >= 15 is 0 Å². The van der Waals surface area contributed by atoms with Crippen molar-refractivity contribution in [3.05, 3.63) is 45.3 Å². The number of nitrogens with two attached hydrogens (primary N) is 1. The largest absolute Gasteiger partial charge is 0.481 e. The van der Waals surface area contributed by atoms with Crippen LogP contribution < -0.4 is 15.8 Å². The van der Waals surface area contributed by atoms with Gasteiger partial charge in [-0.1, -0.05) is 40.2 Å². The van der Waals surface area contributed by atoms with E-state index in [0.717, 1.165) is 36.8 Å². The first-order valence-corrected chi connectivity index (χ1v) is 12.4. The van der Waals surface area contributed by atoms with Crippen LogP contribution in [0.15, 0.2) is 18.2 Å². The molecule has 1 heterocycles. The van der Waals surface area contributed by atoms with Gasteiger partial charge in [0.2, 0.25) is 0 Å². The minimum atomic E-state index is -0.649. The van der Waals surface area contributed by atoms with Gasteiger partial charge in [0, 0.05) is 4.88 Å². The maximum atomic E-state index is 13.1. The molecule has 174 valence electrons. The summed E-state index contributed by atoms with van der Waals surface area (Å²) in [7, 11) is 0. The summed E-state index contributed by atoms with van der Waals surface area (Å²) in [5, 5.41) is 3.53. The second kappa shape index (κ2) is 9.65. The maximum absolute atomic E-state index is 13.1. The molecule has 0 spiro atoms. The number of benzene rings is 1. The van der Waals surface area contributed by atoms with Crippen LogP contribution in [0.4, 0.5) is 5.00 Å². The van der Waals surface area contributed by atoms with E-state index in [9.17, 15) is 9.59 Å². The minimum Gasteiger partial charge on any atom is -0.481 e. The fourth-order valence-electron chi connectivity index (χ4n) is 4.36. The molecular formula is C26H36N2O3S. The van der Waals surface area contributed by atoms with Crippen molar-refractivity contribution in [2.45, 2.75) is 79.8 Å². The van der Waals surface area contributed by atoms with Crippen molar-refractivity contribution in [2.24, 2.45) is 17.1 Å². The Hall–Kier alpha value is -2.34. The van der Waals surface area contributed by atoms with Gasteiger partial charge in [-0.05, 0) is 79.7 Å². The Balaban J connectivity index is 1.82. The van der Waals surface area contributed by atoms with E-state index in [1.165, 1.54) is 21.8 Å². The van der Waals surface area contributed by atoms with Crippen LogP contribution in [0.25, 0.3) is 0 Å². The summed E-state index contributed by atoms with van der Waals surface area (Å²) in [6.45, 7) is 12.8. The van der Waals surface area contributed by atoms with Gasteiger partial charge in [-0.3, -0.25) is 9.59 Å². The molecule has 0 aliphatic heterocycles. The Morgan fingerprint density at radius 1 is 1.25 bits per heavy atom. The van der Waals surface area contributed by atoms with E-state index < -0.39 is 12.0 Å². The molecular weight excluding hydrogens is 420 g/mol. The second-order valence-electron chi connectivity index (χ2n) is 9.60. The molecule has 3 rings (SSSR count). The molecule has 0 radical (unpaired) electrons. The number of rotatable bonds is 8. The van der Waals surface area contributed by atoms with Crippen molar-refractivity contribution in [1.82, 2.24) is 0 Å². The molecule has 0 saturated carbocycles. The summed E-state index contributed by atoms with van der Waals surface area (Å²) < 4.78 is 5.99. The summed E-state index contributed by atoms with van der Waals surface area (Å²) >= 11 is 1.50. The normalized spacial score (nSPS) is 16.9.